The van der Waals surface area contributed by atoms with Crippen molar-refractivity contribution in [3.05, 3.63) is 46.7 Å². The first-order valence-electron chi connectivity index (χ1n) is 4.57. The summed E-state index contributed by atoms with van der Waals surface area (Å²) in [5.41, 5.74) is 3.20. The van der Waals surface area contributed by atoms with Crippen molar-refractivity contribution in [3.8, 4) is 5.69 Å². The summed E-state index contributed by atoms with van der Waals surface area (Å²) in [4.78, 5) is 0. The zero-order valence-electron chi connectivity index (χ0n) is 8.24. The topological polar surface area (TPSA) is 17.8 Å². The molecule has 0 atom stereocenters. The number of aromatic nitrogens is 2. The van der Waals surface area contributed by atoms with Crippen LogP contribution < -0.4 is 0 Å². The van der Waals surface area contributed by atoms with E-state index < -0.39 is 0 Å². The standard InChI is InChI=1S/C11H10BrClN2/c1-8-6-14-15(7-8)11-9(5-12)3-2-4-10(11)13/h2-4,6-7H,5H2,1H3. The van der Waals surface area contributed by atoms with Crippen LogP contribution in [0, 0.1) is 6.92 Å². The second kappa shape index (κ2) is 4.37. The van der Waals surface area contributed by atoms with Crippen LogP contribution in [0.15, 0.2) is 30.6 Å². The van der Waals surface area contributed by atoms with E-state index in [4.69, 9.17) is 11.6 Å². The molecule has 0 radical (unpaired) electrons. The molecule has 2 nitrogen and oxygen atoms in total. The summed E-state index contributed by atoms with van der Waals surface area (Å²) in [6, 6.07) is 5.85. The Morgan fingerprint density at radius 2 is 2.27 bits per heavy atom. The molecule has 0 saturated heterocycles. The van der Waals surface area contributed by atoms with Gasteiger partial charge in [-0.05, 0) is 24.1 Å². The molecular formula is C11H10BrClN2. The number of halogens is 2. The molecular weight excluding hydrogens is 275 g/mol. The van der Waals surface area contributed by atoms with Gasteiger partial charge in [-0.1, -0.05) is 39.7 Å². The summed E-state index contributed by atoms with van der Waals surface area (Å²) < 4.78 is 1.81. The van der Waals surface area contributed by atoms with Gasteiger partial charge in [-0.25, -0.2) is 4.68 Å². The minimum Gasteiger partial charge on any atom is -0.239 e. The third kappa shape index (κ3) is 2.08. The Morgan fingerprint density at radius 3 is 2.87 bits per heavy atom. The first-order chi connectivity index (χ1) is 7.22. The van der Waals surface area contributed by atoms with Crippen LogP contribution in [0.5, 0.6) is 0 Å². The van der Waals surface area contributed by atoms with E-state index in [0.717, 1.165) is 27.2 Å². The van der Waals surface area contributed by atoms with E-state index in [9.17, 15) is 0 Å². The zero-order chi connectivity index (χ0) is 10.8. The summed E-state index contributed by atoms with van der Waals surface area (Å²) in [7, 11) is 0. The van der Waals surface area contributed by atoms with Crippen LogP contribution in [-0.2, 0) is 5.33 Å². The van der Waals surface area contributed by atoms with E-state index in [1.165, 1.54) is 0 Å². The minimum absolute atomic E-state index is 0.718. The second-order valence-electron chi connectivity index (χ2n) is 3.34. The van der Waals surface area contributed by atoms with Crippen LogP contribution in [0.25, 0.3) is 5.69 Å². The van der Waals surface area contributed by atoms with Crippen molar-refractivity contribution in [3.63, 3.8) is 0 Å². The lowest BCUT2D eigenvalue weighted by Gasteiger charge is -2.08. The van der Waals surface area contributed by atoms with E-state index in [1.807, 2.05) is 42.2 Å². The molecule has 0 aliphatic carbocycles. The fraction of sp³-hybridized carbons (Fsp3) is 0.182. The highest BCUT2D eigenvalue weighted by atomic mass is 79.9. The molecule has 0 amide bonds. The maximum atomic E-state index is 6.17. The summed E-state index contributed by atoms with van der Waals surface area (Å²) >= 11 is 9.62. The van der Waals surface area contributed by atoms with Gasteiger partial charge in [0.05, 0.1) is 16.9 Å². The number of aryl methyl sites for hydroxylation is 1. The number of alkyl halides is 1. The molecule has 0 aliphatic heterocycles. The Hall–Kier alpha value is -0.800. The van der Waals surface area contributed by atoms with Gasteiger partial charge in [-0.3, -0.25) is 0 Å². The summed E-state index contributed by atoms with van der Waals surface area (Å²) in [5.74, 6) is 0. The largest absolute Gasteiger partial charge is 0.239 e. The monoisotopic (exact) mass is 284 g/mol. The molecule has 0 unspecified atom stereocenters. The molecule has 4 heteroatoms. The van der Waals surface area contributed by atoms with Crippen LogP contribution in [0.4, 0.5) is 0 Å². The van der Waals surface area contributed by atoms with Gasteiger partial charge in [0.2, 0.25) is 0 Å². The molecule has 78 valence electrons. The smallest absolute Gasteiger partial charge is 0.0872 e. The average molecular weight is 286 g/mol. The predicted octanol–water partition coefficient (Wildman–Crippen LogP) is 3.73. The predicted molar refractivity (Wildman–Crippen MR) is 65.9 cm³/mol. The van der Waals surface area contributed by atoms with Gasteiger partial charge in [-0.2, -0.15) is 5.10 Å². The Labute approximate surface area is 102 Å². The molecule has 0 bridgehead atoms. The van der Waals surface area contributed by atoms with Gasteiger partial charge in [0.1, 0.15) is 0 Å². The van der Waals surface area contributed by atoms with Crippen LogP contribution in [-0.4, -0.2) is 9.78 Å². The first kappa shape index (κ1) is 10.7. The normalized spacial score (nSPS) is 10.6. The van der Waals surface area contributed by atoms with Crippen molar-refractivity contribution in [2.75, 3.05) is 0 Å². The lowest BCUT2D eigenvalue weighted by molar-refractivity contribution is 0.872. The van der Waals surface area contributed by atoms with Crippen molar-refractivity contribution in [1.82, 2.24) is 9.78 Å². The molecule has 0 saturated carbocycles. The summed E-state index contributed by atoms with van der Waals surface area (Å²) in [5, 5.41) is 5.75. The van der Waals surface area contributed by atoms with Crippen molar-refractivity contribution >= 4 is 27.5 Å². The van der Waals surface area contributed by atoms with Crippen molar-refractivity contribution < 1.29 is 0 Å². The molecule has 0 fully saturated rings. The molecule has 0 aliphatic rings. The Bertz CT molecular complexity index is 479. The van der Waals surface area contributed by atoms with Gasteiger partial charge in [0.25, 0.3) is 0 Å². The number of hydrogen-bond donors (Lipinski definition) is 0. The number of para-hydroxylation sites is 1. The highest BCUT2D eigenvalue weighted by molar-refractivity contribution is 9.08. The quantitative estimate of drug-likeness (QED) is 0.769. The fourth-order valence-corrected chi connectivity index (χ4v) is 2.19. The maximum Gasteiger partial charge on any atom is 0.0872 e. The molecule has 15 heavy (non-hydrogen) atoms. The van der Waals surface area contributed by atoms with Crippen LogP contribution in [0.1, 0.15) is 11.1 Å². The lowest BCUT2D eigenvalue weighted by atomic mass is 10.2. The van der Waals surface area contributed by atoms with E-state index in [1.54, 1.807) is 0 Å². The highest BCUT2D eigenvalue weighted by Crippen LogP contribution is 2.25. The number of benzene rings is 1. The molecule has 1 heterocycles. The van der Waals surface area contributed by atoms with E-state index >= 15 is 0 Å². The number of hydrogen-bond acceptors (Lipinski definition) is 1. The van der Waals surface area contributed by atoms with Gasteiger partial charge in [-0.15, -0.1) is 0 Å². The average Bonchev–Trinajstić information content (AvgIpc) is 2.64. The summed E-state index contributed by atoms with van der Waals surface area (Å²) in [6.07, 6.45) is 3.79. The van der Waals surface area contributed by atoms with Crippen LogP contribution in [0.3, 0.4) is 0 Å². The third-order valence-corrected chi connectivity index (χ3v) is 3.06. The Morgan fingerprint density at radius 1 is 1.47 bits per heavy atom. The highest BCUT2D eigenvalue weighted by Gasteiger charge is 2.08. The van der Waals surface area contributed by atoms with Gasteiger partial charge in [0.15, 0.2) is 0 Å². The molecule has 0 N–H and O–H groups in total. The molecule has 2 aromatic rings. The summed E-state index contributed by atoms with van der Waals surface area (Å²) in [6.45, 7) is 2.01. The van der Waals surface area contributed by atoms with Crippen LogP contribution >= 0.6 is 27.5 Å². The van der Waals surface area contributed by atoms with E-state index in [2.05, 4.69) is 21.0 Å². The Balaban J connectivity index is 2.60. The molecule has 0 spiro atoms. The van der Waals surface area contributed by atoms with Crippen molar-refractivity contribution in [1.29, 1.82) is 0 Å². The van der Waals surface area contributed by atoms with Crippen LogP contribution in [0.2, 0.25) is 5.02 Å². The lowest BCUT2D eigenvalue weighted by Crippen LogP contribution is -1.99. The van der Waals surface area contributed by atoms with Crippen molar-refractivity contribution in [2.45, 2.75) is 12.3 Å². The fourth-order valence-electron chi connectivity index (χ4n) is 1.46. The third-order valence-electron chi connectivity index (χ3n) is 2.16. The molecule has 2 rings (SSSR count). The van der Waals surface area contributed by atoms with Crippen molar-refractivity contribution in [2.24, 2.45) is 0 Å². The molecule has 1 aromatic heterocycles. The number of rotatable bonds is 2. The molecule has 1 aromatic carbocycles. The number of nitrogens with zero attached hydrogens (tertiary/aromatic N) is 2. The maximum absolute atomic E-state index is 6.17. The van der Waals surface area contributed by atoms with Gasteiger partial charge < -0.3 is 0 Å². The SMILES string of the molecule is Cc1cnn(-c2c(Cl)cccc2CBr)c1. The first-order valence-corrected chi connectivity index (χ1v) is 6.07. The van der Waals surface area contributed by atoms with E-state index in [0.29, 0.717) is 0 Å². The minimum atomic E-state index is 0.718. The van der Waals surface area contributed by atoms with Gasteiger partial charge in [0, 0.05) is 11.5 Å². The second-order valence-corrected chi connectivity index (χ2v) is 4.31. The Kier molecular flexibility index (Phi) is 3.12. The van der Waals surface area contributed by atoms with Gasteiger partial charge >= 0.3 is 0 Å². The van der Waals surface area contributed by atoms with E-state index in [-0.39, 0.29) is 0 Å². The zero-order valence-corrected chi connectivity index (χ0v) is 10.6.